The van der Waals surface area contributed by atoms with Crippen molar-refractivity contribution in [1.82, 2.24) is 14.9 Å². The summed E-state index contributed by atoms with van der Waals surface area (Å²) in [7, 11) is 0. The van der Waals surface area contributed by atoms with Crippen molar-refractivity contribution >= 4 is 28.5 Å². The third-order valence-corrected chi connectivity index (χ3v) is 5.59. The second-order valence-electron chi connectivity index (χ2n) is 7.88. The second kappa shape index (κ2) is 7.64. The van der Waals surface area contributed by atoms with E-state index >= 15 is 4.39 Å². The lowest BCUT2D eigenvalue weighted by Gasteiger charge is -2.41. The number of nitrogens with zero attached hydrogens (tertiary/aromatic N) is 4. The van der Waals surface area contributed by atoms with Gasteiger partial charge in [0.15, 0.2) is 11.0 Å². The molecule has 2 aromatic rings. The number of anilines is 1. The summed E-state index contributed by atoms with van der Waals surface area (Å²) in [5.41, 5.74) is 1.38. The van der Waals surface area contributed by atoms with Gasteiger partial charge in [-0.05, 0) is 13.0 Å². The molecule has 1 unspecified atom stereocenters. The maximum Gasteiger partial charge on any atom is 0.175 e. The predicted octanol–water partition coefficient (Wildman–Crippen LogP) is 3.94. The molecule has 1 aromatic heterocycles. The Morgan fingerprint density at radius 1 is 1.41 bits per heavy atom. The van der Waals surface area contributed by atoms with Crippen LogP contribution in [0, 0.1) is 17.1 Å². The number of alkyl halides is 1. The SMILES string of the molecule is CC1CN(CCF)CCN1c1c(C#N)cc2[nH]c(SC(C)(C)C)nc2c1F. The molecule has 8 heteroatoms. The number of halogens is 2. The van der Waals surface area contributed by atoms with Gasteiger partial charge in [0.1, 0.15) is 18.3 Å². The fraction of sp³-hybridized carbons (Fsp3) is 0.579. The lowest BCUT2D eigenvalue weighted by atomic mass is 10.1. The number of benzene rings is 1. The molecule has 3 rings (SSSR count). The number of hydrogen-bond acceptors (Lipinski definition) is 5. The van der Waals surface area contributed by atoms with E-state index in [1.165, 1.54) is 11.8 Å². The molecule has 0 saturated carbocycles. The standard InChI is InChI=1S/C19H25F2N5S/c1-12-11-25(6-5-20)7-8-26(12)17-13(10-22)9-14-16(15(17)21)24-18(23-14)27-19(2,3)4/h9,12H,5-8,11H2,1-4H3,(H,23,24). The van der Waals surface area contributed by atoms with Crippen molar-refractivity contribution in [2.24, 2.45) is 0 Å². The van der Waals surface area contributed by atoms with Gasteiger partial charge in [-0.3, -0.25) is 4.90 Å². The van der Waals surface area contributed by atoms with E-state index in [2.05, 4.69) is 36.8 Å². The van der Waals surface area contributed by atoms with Crippen LogP contribution in [0.4, 0.5) is 14.5 Å². The minimum absolute atomic E-state index is 0.0216. The van der Waals surface area contributed by atoms with E-state index in [0.717, 1.165) is 0 Å². The molecule has 2 heterocycles. The first kappa shape index (κ1) is 19.9. The average molecular weight is 394 g/mol. The molecule has 1 atom stereocenters. The van der Waals surface area contributed by atoms with E-state index < -0.39 is 12.5 Å². The summed E-state index contributed by atoms with van der Waals surface area (Å²) in [6, 6.07) is 3.78. The van der Waals surface area contributed by atoms with Crippen LogP contribution in [0.2, 0.25) is 0 Å². The van der Waals surface area contributed by atoms with Gasteiger partial charge in [0.05, 0.1) is 16.8 Å². The Hall–Kier alpha value is -1.85. The third kappa shape index (κ3) is 4.19. The summed E-state index contributed by atoms with van der Waals surface area (Å²) in [6.45, 7) is 9.98. The molecule has 0 bridgehead atoms. The highest BCUT2D eigenvalue weighted by Crippen LogP contribution is 2.36. The summed E-state index contributed by atoms with van der Waals surface area (Å²) < 4.78 is 28.0. The number of rotatable bonds is 4. The quantitative estimate of drug-likeness (QED) is 0.797. The summed E-state index contributed by atoms with van der Waals surface area (Å²) in [5.74, 6) is -0.466. The van der Waals surface area contributed by atoms with E-state index in [1.54, 1.807) is 6.07 Å². The fourth-order valence-electron chi connectivity index (χ4n) is 3.47. The van der Waals surface area contributed by atoms with Gasteiger partial charge in [-0.2, -0.15) is 5.26 Å². The van der Waals surface area contributed by atoms with Crippen molar-refractivity contribution < 1.29 is 8.78 Å². The lowest BCUT2D eigenvalue weighted by Crippen LogP contribution is -2.52. The van der Waals surface area contributed by atoms with Crippen LogP contribution in [-0.2, 0) is 0 Å². The zero-order valence-corrected chi connectivity index (χ0v) is 17.0. The number of nitrogens with one attached hydrogen (secondary N) is 1. The molecule has 0 spiro atoms. The van der Waals surface area contributed by atoms with Crippen molar-refractivity contribution in [1.29, 1.82) is 5.26 Å². The van der Waals surface area contributed by atoms with Crippen LogP contribution in [0.3, 0.4) is 0 Å². The number of hydrogen-bond donors (Lipinski definition) is 1. The summed E-state index contributed by atoms with van der Waals surface area (Å²) in [4.78, 5) is 11.5. The van der Waals surface area contributed by atoms with E-state index in [4.69, 9.17) is 0 Å². The van der Waals surface area contributed by atoms with Crippen molar-refractivity contribution in [2.45, 2.75) is 43.6 Å². The number of thioether (sulfide) groups is 1. The van der Waals surface area contributed by atoms with Crippen LogP contribution >= 0.6 is 11.8 Å². The molecular formula is C19H25F2N5S. The van der Waals surface area contributed by atoms with Crippen LogP contribution in [0.5, 0.6) is 0 Å². The maximum absolute atomic E-state index is 15.4. The molecule has 27 heavy (non-hydrogen) atoms. The highest BCUT2D eigenvalue weighted by Gasteiger charge is 2.29. The Bertz CT molecular complexity index is 868. The minimum atomic E-state index is -0.466. The van der Waals surface area contributed by atoms with Gasteiger partial charge in [-0.25, -0.2) is 13.8 Å². The Morgan fingerprint density at radius 2 is 2.15 bits per heavy atom. The molecule has 0 amide bonds. The van der Waals surface area contributed by atoms with Crippen molar-refractivity contribution in [3.63, 3.8) is 0 Å². The van der Waals surface area contributed by atoms with Crippen LogP contribution in [0.1, 0.15) is 33.3 Å². The topological polar surface area (TPSA) is 59.0 Å². The molecule has 1 aromatic carbocycles. The smallest absolute Gasteiger partial charge is 0.175 e. The molecule has 1 aliphatic rings. The monoisotopic (exact) mass is 393 g/mol. The number of imidazole rings is 1. The number of piperazine rings is 1. The number of nitriles is 1. The van der Waals surface area contributed by atoms with E-state index in [0.29, 0.717) is 48.1 Å². The van der Waals surface area contributed by atoms with Gasteiger partial charge in [0, 0.05) is 37.0 Å². The van der Waals surface area contributed by atoms with E-state index in [-0.39, 0.29) is 16.3 Å². The Morgan fingerprint density at radius 3 is 2.74 bits per heavy atom. The number of aromatic nitrogens is 2. The molecule has 0 radical (unpaired) electrons. The molecule has 146 valence electrons. The van der Waals surface area contributed by atoms with Gasteiger partial charge < -0.3 is 9.88 Å². The van der Waals surface area contributed by atoms with E-state index in [1.807, 2.05) is 16.7 Å². The molecule has 5 nitrogen and oxygen atoms in total. The number of fused-ring (bicyclic) bond motifs is 1. The lowest BCUT2D eigenvalue weighted by molar-refractivity contribution is 0.210. The van der Waals surface area contributed by atoms with Gasteiger partial charge in [0.2, 0.25) is 0 Å². The van der Waals surface area contributed by atoms with Crippen LogP contribution < -0.4 is 4.90 Å². The molecule has 1 aliphatic heterocycles. The van der Waals surface area contributed by atoms with Crippen molar-refractivity contribution in [3.05, 3.63) is 17.4 Å². The highest BCUT2D eigenvalue weighted by molar-refractivity contribution is 8.00. The summed E-state index contributed by atoms with van der Waals surface area (Å²) in [5, 5.41) is 10.2. The largest absolute Gasteiger partial charge is 0.363 e. The highest BCUT2D eigenvalue weighted by atomic mass is 32.2. The third-order valence-electron chi connectivity index (χ3n) is 4.59. The first-order valence-electron chi connectivity index (χ1n) is 9.09. The van der Waals surface area contributed by atoms with Gasteiger partial charge >= 0.3 is 0 Å². The number of aromatic amines is 1. The zero-order chi connectivity index (χ0) is 19.8. The number of H-pyrrole nitrogens is 1. The van der Waals surface area contributed by atoms with Crippen LogP contribution in [-0.4, -0.2) is 58.5 Å². The average Bonchev–Trinajstić information content (AvgIpc) is 2.96. The van der Waals surface area contributed by atoms with Crippen molar-refractivity contribution in [3.8, 4) is 6.07 Å². The predicted molar refractivity (Wildman–Crippen MR) is 106 cm³/mol. The zero-order valence-electron chi connectivity index (χ0n) is 16.1. The molecular weight excluding hydrogens is 368 g/mol. The van der Waals surface area contributed by atoms with Gasteiger partial charge in [-0.15, -0.1) is 0 Å². The van der Waals surface area contributed by atoms with Gasteiger partial charge in [-0.1, -0.05) is 32.5 Å². The van der Waals surface area contributed by atoms with Crippen LogP contribution in [0.25, 0.3) is 11.0 Å². The maximum atomic E-state index is 15.4. The van der Waals surface area contributed by atoms with E-state index in [9.17, 15) is 9.65 Å². The Kier molecular flexibility index (Phi) is 5.63. The molecule has 1 saturated heterocycles. The van der Waals surface area contributed by atoms with Crippen molar-refractivity contribution in [2.75, 3.05) is 37.8 Å². The summed E-state index contributed by atoms with van der Waals surface area (Å²) >= 11 is 1.52. The Labute approximate surface area is 162 Å². The molecule has 0 aliphatic carbocycles. The fourth-order valence-corrected chi connectivity index (χ4v) is 4.35. The first-order valence-corrected chi connectivity index (χ1v) is 9.91. The molecule has 1 N–H and O–H groups in total. The second-order valence-corrected chi connectivity index (χ2v) is 9.70. The summed E-state index contributed by atoms with van der Waals surface area (Å²) in [6.07, 6.45) is 0. The Balaban J connectivity index is 2.00. The minimum Gasteiger partial charge on any atom is -0.363 e. The van der Waals surface area contributed by atoms with Crippen LogP contribution in [0.15, 0.2) is 11.2 Å². The first-order chi connectivity index (χ1) is 12.7. The normalized spacial score (nSPS) is 18.9. The molecule has 1 fully saturated rings. The van der Waals surface area contributed by atoms with Gasteiger partial charge in [0.25, 0.3) is 0 Å².